The van der Waals surface area contributed by atoms with Gasteiger partial charge in [-0.25, -0.2) is 0 Å². The van der Waals surface area contributed by atoms with E-state index in [9.17, 15) is 4.79 Å². The molecule has 2 saturated heterocycles. The quantitative estimate of drug-likeness (QED) is 0.698. The monoisotopic (exact) mass is 217 g/mol. The highest BCUT2D eigenvalue weighted by Crippen LogP contribution is 2.27. The molecule has 0 aliphatic carbocycles. The van der Waals surface area contributed by atoms with E-state index >= 15 is 0 Å². The number of nitrogens with zero attached hydrogens (tertiary/aromatic N) is 1. The molecule has 4 heteroatoms. The van der Waals surface area contributed by atoms with Crippen LogP contribution in [0.4, 0.5) is 0 Å². The maximum atomic E-state index is 11.6. The van der Waals surface area contributed by atoms with Gasteiger partial charge in [0, 0.05) is 42.0 Å². The Morgan fingerprint density at radius 1 is 1.38 bits per heavy atom. The molecule has 2 aliphatic heterocycles. The van der Waals surface area contributed by atoms with E-state index in [4.69, 9.17) is 0 Å². The Morgan fingerprint density at radius 2 is 2.23 bits per heavy atom. The summed E-state index contributed by atoms with van der Waals surface area (Å²) in [5.41, 5.74) is 0. The number of hydrogen-bond acceptors (Lipinski definition) is 3. The number of hydrogen-bond donors (Lipinski definition) is 0. The van der Waals surface area contributed by atoms with Crippen molar-refractivity contribution < 1.29 is 4.79 Å². The Labute approximate surface area is 87.8 Å². The van der Waals surface area contributed by atoms with Gasteiger partial charge in [-0.1, -0.05) is 0 Å². The van der Waals surface area contributed by atoms with Gasteiger partial charge in [-0.15, -0.1) is 0 Å². The molecule has 2 heterocycles. The van der Waals surface area contributed by atoms with Crippen molar-refractivity contribution in [1.29, 1.82) is 0 Å². The summed E-state index contributed by atoms with van der Waals surface area (Å²) < 4.78 is 0. The molecule has 13 heavy (non-hydrogen) atoms. The molecule has 2 nitrogen and oxygen atoms in total. The lowest BCUT2D eigenvalue weighted by atomic mass is 10.2. The second-order valence-electron chi connectivity index (χ2n) is 3.51. The summed E-state index contributed by atoms with van der Waals surface area (Å²) in [4.78, 5) is 13.6. The minimum Gasteiger partial charge on any atom is -0.343 e. The van der Waals surface area contributed by atoms with Crippen LogP contribution in [0.1, 0.15) is 12.8 Å². The van der Waals surface area contributed by atoms with Crippen LogP contribution in [0.2, 0.25) is 0 Å². The van der Waals surface area contributed by atoms with Crippen LogP contribution >= 0.6 is 23.5 Å². The Morgan fingerprint density at radius 3 is 2.77 bits per heavy atom. The van der Waals surface area contributed by atoms with E-state index < -0.39 is 0 Å². The third kappa shape index (κ3) is 2.56. The first kappa shape index (κ1) is 9.71. The molecule has 0 aromatic heterocycles. The van der Waals surface area contributed by atoms with Gasteiger partial charge in [-0.2, -0.15) is 23.5 Å². The van der Waals surface area contributed by atoms with Crippen LogP contribution in [-0.4, -0.2) is 46.4 Å². The summed E-state index contributed by atoms with van der Waals surface area (Å²) in [5, 5.41) is 0.590. The molecule has 1 amide bonds. The number of carbonyl (C=O) groups is 1. The zero-order chi connectivity index (χ0) is 9.10. The SMILES string of the molecule is O=C(CC1CSCCS1)N1CCC1. The van der Waals surface area contributed by atoms with Gasteiger partial charge < -0.3 is 4.90 Å². The van der Waals surface area contributed by atoms with Crippen molar-refractivity contribution in [3.8, 4) is 0 Å². The Balaban J connectivity index is 1.72. The fraction of sp³-hybridized carbons (Fsp3) is 0.889. The summed E-state index contributed by atoms with van der Waals surface area (Å²) in [6.07, 6.45) is 1.98. The molecule has 0 radical (unpaired) electrons. The lowest BCUT2D eigenvalue weighted by Crippen LogP contribution is -2.43. The number of amides is 1. The van der Waals surface area contributed by atoms with Crippen LogP contribution < -0.4 is 0 Å². The number of likely N-dealkylation sites (tertiary alicyclic amines) is 1. The van der Waals surface area contributed by atoms with Gasteiger partial charge in [0.15, 0.2) is 0 Å². The molecule has 2 fully saturated rings. The smallest absolute Gasteiger partial charge is 0.223 e. The minimum absolute atomic E-state index is 0.381. The predicted octanol–water partition coefficient (Wildman–Crippen LogP) is 1.46. The molecule has 2 rings (SSSR count). The first-order valence-corrected chi connectivity index (χ1v) is 7.04. The molecule has 0 N–H and O–H groups in total. The van der Waals surface area contributed by atoms with Crippen LogP contribution in [0.15, 0.2) is 0 Å². The third-order valence-electron chi connectivity index (χ3n) is 2.50. The predicted molar refractivity (Wildman–Crippen MR) is 59.4 cm³/mol. The van der Waals surface area contributed by atoms with E-state index in [0.717, 1.165) is 19.5 Å². The fourth-order valence-electron chi connectivity index (χ4n) is 1.54. The van der Waals surface area contributed by atoms with Gasteiger partial charge in [0.05, 0.1) is 0 Å². The third-order valence-corrected chi connectivity index (χ3v) is 5.34. The topological polar surface area (TPSA) is 20.3 Å². The van der Waals surface area contributed by atoms with E-state index in [2.05, 4.69) is 0 Å². The van der Waals surface area contributed by atoms with Crippen LogP contribution in [0.25, 0.3) is 0 Å². The average Bonchev–Trinajstić information content (AvgIpc) is 2.02. The molecule has 1 atom stereocenters. The van der Waals surface area contributed by atoms with Crippen molar-refractivity contribution >= 4 is 29.4 Å². The number of thioether (sulfide) groups is 2. The highest BCUT2D eigenvalue weighted by atomic mass is 32.2. The standard InChI is InChI=1S/C9H15NOS2/c11-9(10-2-1-3-10)6-8-7-12-4-5-13-8/h8H,1-7H2. The normalized spacial score (nSPS) is 28.3. The second-order valence-corrected chi connectivity index (χ2v) is 6.06. The summed E-state index contributed by atoms with van der Waals surface area (Å²) in [6.45, 7) is 2.01. The summed E-state index contributed by atoms with van der Waals surface area (Å²) >= 11 is 3.97. The highest BCUT2D eigenvalue weighted by Gasteiger charge is 2.24. The van der Waals surface area contributed by atoms with Crippen LogP contribution in [-0.2, 0) is 4.79 Å². The van der Waals surface area contributed by atoms with Gasteiger partial charge in [-0.3, -0.25) is 4.79 Å². The van der Waals surface area contributed by atoms with Crippen LogP contribution in [0, 0.1) is 0 Å². The van der Waals surface area contributed by atoms with Crippen molar-refractivity contribution in [1.82, 2.24) is 4.90 Å². The highest BCUT2D eigenvalue weighted by molar-refractivity contribution is 8.06. The second kappa shape index (κ2) is 4.60. The van der Waals surface area contributed by atoms with E-state index in [-0.39, 0.29) is 0 Å². The Kier molecular flexibility index (Phi) is 3.44. The molecule has 2 aliphatic rings. The molecule has 0 spiro atoms. The first-order chi connectivity index (χ1) is 6.36. The fourth-order valence-corrected chi connectivity index (χ4v) is 4.21. The molecular weight excluding hydrogens is 202 g/mol. The number of carbonyl (C=O) groups excluding carboxylic acids is 1. The molecule has 0 aromatic rings. The Bertz CT molecular complexity index is 188. The average molecular weight is 217 g/mol. The molecule has 74 valence electrons. The lowest BCUT2D eigenvalue weighted by Gasteiger charge is -2.32. The van der Waals surface area contributed by atoms with Crippen molar-refractivity contribution in [2.24, 2.45) is 0 Å². The zero-order valence-electron chi connectivity index (χ0n) is 7.70. The molecule has 0 aromatic carbocycles. The van der Waals surface area contributed by atoms with Gasteiger partial charge in [0.1, 0.15) is 0 Å². The van der Waals surface area contributed by atoms with Gasteiger partial charge in [0.25, 0.3) is 0 Å². The molecular formula is C9H15NOS2. The largest absolute Gasteiger partial charge is 0.343 e. The minimum atomic E-state index is 0.381. The van der Waals surface area contributed by atoms with Gasteiger partial charge >= 0.3 is 0 Å². The first-order valence-electron chi connectivity index (χ1n) is 4.83. The van der Waals surface area contributed by atoms with Crippen molar-refractivity contribution in [2.45, 2.75) is 18.1 Å². The summed E-state index contributed by atoms with van der Waals surface area (Å²) in [6, 6.07) is 0. The zero-order valence-corrected chi connectivity index (χ0v) is 9.33. The van der Waals surface area contributed by atoms with E-state index in [1.165, 1.54) is 23.7 Å². The van der Waals surface area contributed by atoms with Crippen molar-refractivity contribution in [3.05, 3.63) is 0 Å². The van der Waals surface area contributed by atoms with Crippen LogP contribution in [0.5, 0.6) is 0 Å². The Hall–Kier alpha value is 0.170. The van der Waals surface area contributed by atoms with Crippen molar-refractivity contribution in [3.63, 3.8) is 0 Å². The maximum Gasteiger partial charge on any atom is 0.223 e. The summed E-state index contributed by atoms with van der Waals surface area (Å²) in [5.74, 6) is 4.04. The number of rotatable bonds is 2. The van der Waals surface area contributed by atoms with Gasteiger partial charge in [-0.05, 0) is 6.42 Å². The van der Waals surface area contributed by atoms with E-state index in [1.807, 2.05) is 28.4 Å². The van der Waals surface area contributed by atoms with Crippen molar-refractivity contribution in [2.75, 3.05) is 30.3 Å². The van der Waals surface area contributed by atoms with Gasteiger partial charge in [0.2, 0.25) is 5.91 Å². The van der Waals surface area contributed by atoms with Crippen LogP contribution in [0.3, 0.4) is 0 Å². The maximum absolute atomic E-state index is 11.6. The molecule has 0 bridgehead atoms. The molecule has 0 saturated carbocycles. The lowest BCUT2D eigenvalue weighted by molar-refractivity contribution is -0.134. The molecule has 1 unspecified atom stereocenters. The van der Waals surface area contributed by atoms with E-state index in [1.54, 1.807) is 0 Å². The summed E-state index contributed by atoms with van der Waals surface area (Å²) in [7, 11) is 0. The van der Waals surface area contributed by atoms with E-state index in [0.29, 0.717) is 11.2 Å².